The normalized spacial score (nSPS) is 9.95. The van der Waals surface area contributed by atoms with Crippen LogP contribution in [0.3, 0.4) is 0 Å². The lowest BCUT2D eigenvalue weighted by Crippen LogP contribution is -2.33. The van der Waals surface area contributed by atoms with Crippen LogP contribution in [0.4, 0.5) is 5.69 Å². The summed E-state index contributed by atoms with van der Waals surface area (Å²) in [4.78, 5) is 23.7. The van der Waals surface area contributed by atoms with Crippen LogP contribution in [0.1, 0.15) is 22.8 Å². The minimum Gasteiger partial charge on any atom is -0.343 e. The van der Waals surface area contributed by atoms with Gasteiger partial charge in [0.2, 0.25) is 5.91 Å². The molecule has 0 aliphatic rings. The van der Waals surface area contributed by atoms with Crippen molar-refractivity contribution in [3.8, 4) is 0 Å². The summed E-state index contributed by atoms with van der Waals surface area (Å²) in [7, 11) is 0. The number of benzene rings is 2. The number of amides is 2. The number of aryl methyl sites for hydroxylation is 1. The van der Waals surface area contributed by atoms with Gasteiger partial charge in [-0.25, -0.2) is 0 Å². The molecule has 0 aromatic heterocycles. The molecule has 2 N–H and O–H groups in total. The molecular formula is C17H18N2O2. The Balaban J connectivity index is 1.89. The molecular weight excluding hydrogens is 264 g/mol. The number of carbonyl (C=O) groups excluding carboxylic acids is 2. The zero-order chi connectivity index (χ0) is 15.1. The molecule has 108 valence electrons. The Bertz CT molecular complexity index is 624. The summed E-state index contributed by atoms with van der Waals surface area (Å²) in [6, 6.07) is 16.5. The maximum Gasteiger partial charge on any atom is 0.251 e. The number of carbonyl (C=O) groups is 2. The van der Waals surface area contributed by atoms with Gasteiger partial charge in [-0.1, -0.05) is 43.3 Å². The van der Waals surface area contributed by atoms with Gasteiger partial charge in [-0.3, -0.25) is 9.59 Å². The van der Waals surface area contributed by atoms with Gasteiger partial charge in [-0.2, -0.15) is 0 Å². The molecule has 0 fully saturated rings. The van der Waals surface area contributed by atoms with Crippen LogP contribution < -0.4 is 10.6 Å². The molecule has 0 heterocycles. The first-order valence-electron chi connectivity index (χ1n) is 6.91. The fourth-order valence-electron chi connectivity index (χ4n) is 2.00. The molecule has 0 saturated carbocycles. The highest BCUT2D eigenvalue weighted by molar-refractivity contribution is 5.99. The molecule has 0 radical (unpaired) electrons. The van der Waals surface area contributed by atoms with Crippen molar-refractivity contribution >= 4 is 17.5 Å². The number of para-hydroxylation sites is 1. The predicted molar refractivity (Wildman–Crippen MR) is 83.2 cm³/mol. The van der Waals surface area contributed by atoms with E-state index in [1.807, 2.05) is 37.3 Å². The van der Waals surface area contributed by atoms with Crippen molar-refractivity contribution in [1.29, 1.82) is 0 Å². The molecule has 4 nitrogen and oxygen atoms in total. The van der Waals surface area contributed by atoms with Gasteiger partial charge in [0.1, 0.15) is 0 Å². The van der Waals surface area contributed by atoms with Crippen LogP contribution in [0.5, 0.6) is 0 Å². The van der Waals surface area contributed by atoms with Crippen LogP contribution in [0.15, 0.2) is 54.6 Å². The number of nitrogens with one attached hydrogen (secondary N) is 2. The van der Waals surface area contributed by atoms with E-state index >= 15 is 0 Å². The van der Waals surface area contributed by atoms with E-state index in [1.54, 1.807) is 24.3 Å². The highest BCUT2D eigenvalue weighted by Crippen LogP contribution is 2.14. The summed E-state index contributed by atoms with van der Waals surface area (Å²) in [5.41, 5.74) is 2.40. The molecule has 0 aliphatic carbocycles. The van der Waals surface area contributed by atoms with Crippen molar-refractivity contribution in [2.75, 3.05) is 11.9 Å². The maximum atomic E-state index is 11.9. The smallest absolute Gasteiger partial charge is 0.251 e. The fraction of sp³-hybridized carbons (Fsp3) is 0.176. The van der Waals surface area contributed by atoms with Crippen LogP contribution in [0.2, 0.25) is 0 Å². The first-order chi connectivity index (χ1) is 10.2. The predicted octanol–water partition coefficient (Wildman–Crippen LogP) is 2.62. The van der Waals surface area contributed by atoms with Gasteiger partial charge in [-0.15, -0.1) is 0 Å². The molecule has 0 bridgehead atoms. The van der Waals surface area contributed by atoms with Crippen molar-refractivity contribution in [1.82, 2.24) is 5.32 Å². The lowest BCUT2D eigenvalue weighted by molar-refractivity contribution is -0.115. The average molecular weight is 282 g/mol. The van der Waals surface area contributed by atoms with E-state index in [0.29, 0.717) is 5.56 Å². The Kier molecular flexibility index (Phi) is 5.10. The lowest BCUT2D eigenvalue weighted by Gasteiger charge is -2.10. The van der Waals surface area contributed by atoms with Crippen molar-refractivity contribution in [2.45, 2.75) is 13.3 Å². The maximum absolute atomic E-state index is 11.9. The third-order valence-electron chi connectivity index (χ3n) is 3.12. The summed E-state index contributed by atoms with van der Waals surface area (Å²) < 4.78 is 0. The molecule has 0 aliphatic heterocycles. The van der Waals surface area contributed by atoms with Gasteiger partial charge in [0.25, 0.3) is 5.91 Å². The van der Waals surface area contributed by atoms with Crippen molar-refractivity contribution in [3.63, 3.8) is 0 Å². The van der Waals surface area contributed by atoms with Gasteiger partial charge in [0.05, 0.1) is 6.54 Å². The Morgan fingerprint density at radius 3 is 2.33 bits per heavy atom. The topological polar surface area (TPSA) is 58.2 Å². The van der Waals surface area contributed by atoms with Crippen molar-refractivity contribution in [3.05, 3.63) is 65.7 Å². The van der Waals surface area contributed by atoms with E-state index in [2.05, 4.69) is 10.6 Å². The zero-order valence-electron chi connectivity index (χ0n) is 11.9. The first kappa shape index (κ1) is 14.8. The Morgan fingerprint density at radius 2 is 1.62 bits per heavy atom. The quantitative estimate of drug-likeness (QED) is 0.885. The Labute approximate surface area is 124 Å². The number of anilines is 1. The molecule has 0 unspecified atom stereocenters. The number of hydrogen-bond acceptors (Lipinski definition) is 2. The summed E-state index contributed by atoms with van der Waals surface area (Å²) in [6.07, 6.45) is 0.840. The fourth-order valence-corrected chi connectivity index (χ4v) is 2.00. The second-order valence-corrected chi connectivity index (χ2v) is 4.61. The van der Waals surface area contributed by atoms with E-state index in [9.17, 15) is 9.59 Å². The van der Waals surface area contributed by atoms with Crippen molar-refractivity contribution in [2.24, 2.45) is 0 Å². The Morgan fingerprint density at radius 1 is 0.952 bits per heavy atom. The van der Waals surface area contributed by atoms with Gasteiger partial charge < -0.3 is 10.6 Å². The molecule has 2 aromatic carbocycles. The standard InChI is InChI=1S/C17H18N2O2/c1-2-13-8-6-7-11-15(13)19-16(20)12-18-17(21)14-9-4-3-5-10-14/h3-11H,2,12H2,1H3,(H,18,21)(H,19,20). The monoisotopic (exact) mass is 282 g/mol. The van der Waals surface area contributed by atoms with E-state index in [4.69, 9.17) is 0 Å². The largest absolute Gasteiger partial charge is 0.343 e. The molecule has 21 heavy (non-hydrogen) atoms. The van der Waals surface area contributed by atoms with Gasteiger partial charge in [0.15, 0.2) is 0 Å². The summed E-state index contributed by atoms with van der Waals surface area (Å²) in [5.74, 6) is -0.491. The third kappa shape index (κ3) is 4.18. The Hall–Kier alpha value is -2.62. The van der Waals surface area contributed by atoms with E-state index < -0.39 is 0 Å². The molecule has 2 rings (SSSR count). The lowest BCUT2D eigenvalue weighted by atomic mass is 10.1. The summed E-state index contributed by atoms with van der Waals surface area (Å²) in [5, 5.41) is 5.42. The minimum atomic E-state index is -0.255. The third-order valence-corrected chi connectivity index (χ3v) is 3.12. The summed E-state index contributed by atoms with van der Waals surface area (Å²) >= 11 is 0. The van der Waals surface area contributed by atoms with E-state index in [0.717, 1.165) is 17.7 Å². The van der Waals surface area contributed by atoms with Crippen LogP contribution >= 0.6 is 0 Å². The minimum absolute atomic E-state index is 0.0498. The second kappa shape index (κ2) is 7.24. The highest BCUT2D eigenvalue weighted by Gasteiger charge is 2.08. The van der Waals surface area contributed by atoms with Crippen LogP contribution in [-0.4, -0.2) is 18.4 Å². The second-order valence-electron chi connectivity index (χ2n) is 4.61. The average Bonchev–Trinajstić information content (AvgIpc) is 2.54. The number of hydrogen-bond donors (Lipinski definition) is 2. The molecule has 0 saturated heterocycles. The van der Waals surface area contributed by atoms with Crippen LogP contribution in [0.25, 0.3) is 0 Å². The van der Waals surface area contributed by atoms with Crippen molar-refractivity contribution < 1.29 is 9.59 Å². The van der Waals surface area contributed by atoms with E-state index in [1.165, 1.54) is 0 Å². The summed E-state index contributed by atoms with van der Waals surface area (Å²) in [6.45, 7) is 1.98. The molecule has 2 aromatic rings. The van der Waals surface area contributed by atoms with E-state index in [-0.39, 0.29) is 18.4 Å². The SMILES string of the molecule is CCc1ccccc1NC(=O)CNC(=O)c1ccccc1. The van der Waals surface area contributed by atoms with Crippen LogP contribution in [0, 0.1) is 0 Å². The molecule has 0 atom stereocenters. The number of rotatable bonds is 5. The zero-order valence-corrected chi connectivity index (χ0v) is 11.9. The van der Waals surface area contributed by atoms with Crippen LogP contribution in [-0.2, 0) is 11.2 Å². The van der Waals surface area contributed by atoms with Gasteiger partial charge >= 0.3 is 0 Å². The van der Waals surface area contributed by atoms with Gasteiger partial charge in [-0.05, 0) is 30.2 Å². The highest BCUT2D eigenvalue weighted by atomic mass is 16.2. The first-order valence-corrected chi connectivity index (χ1v) is 6.91. The van der Waals surface area contributed by atoms with Gasteiger partial charge in [0, 0.05) is 11.3 Å². The molecule has 0 spiro atoms. The molecule has 4 heteroatoms. The molecule has 2 amide bonds.